The average molecular weight is 358 g/mol. The molecule has 0 radical (unpaired) electrons. The van der Waals surface area contributed by atoms with Gasteiger partial charge in [-0.25, -0.2) is 0 Å². The summed E-state index contributed by atoms with van der Waals surface area (Å²) in [5, 5.41) is 12.6. The number of thioether (sulfide) groups is 1. The molecule has 0 saturated carbocycles. The molecule has 0 bridgehead atoms. The third-order valence-corrected chi connectivity index (χ3v) is 5.48. The summed E-state index contributed by atoms with van der Waals surface area (Å²) in [6.07, 6.45) is 1.00. The molecule has 0 aliphatic carbocycles. The van der Waals surface area contributed by atoms with Crippen molar-refractivity contribution in [3.05, 3.63) is 65.7 Å². The molecule has 24 heavy (non-hydrogen) atoms. The van der Waals surface area contributed by atoms with Crippen molar-refractivity contribution in [1.29, 1.82) is 0 Å². The molecule has 0 saturated heterocycles. The number of anilines is 1. The van der Waals surface area contributed by atoms with Crippen LogP contribution in [-0.2, 0) is 13.0 Å². The number of rotatable bonds is 8. The Balaban J connectivity index is 1.43. The number of methoxy groups -OCH3 is 1. The van der Waals surface area contributed by atoms with E-state index in [2.05, 4.69) is 39.8 Å². The minimum atomic E-state index is 0.770. The lowest BCUT2D eigenvalue weighted by Crippen LogP contribution is -1.98. The fourth-order valence-electron chi connectivity index (χ4n) is 2.16. The molecule has 0 fully saturated rings. The zero-order valence-electron chi connectivity index (χ0n) is 13.4. The van der Waals surface area contributed by atoms with Gasteiger partial charge in [0.2, 0.25) is 5.13 Å². The van der Waals surface area contributed by atoms with Crippen LogP contribution in [-0.4, -0.2) is 23.1 Å². The van der Waals surface area contributed by atoms with Crippen molar-refractivity contribution in [3.63, 3.8) is 0 Å². The van der Waals surface area contributed by atoms with Gasteiger partial charge in [-0.3, -0.25) is 0 Å². The van der Waals surface area contributed by atoms with E-state index in [1.807, 2.05) is 30.3 Å². The minimum absolute atomic E-state index is 0.770. The predicted molar refractivity (Wildman–Crippen MR) is 101 cm³/mol. The molecule has 4 nitrogen and oxygen atoms in total. The van der Waals surface area contributed by atoms with Gasteiger partial charge in [-0.2, -0.15) is 0 Å². The molecule has 0 atom stereocenters. The Kier molecular flexibility index (Phi) is 6.09. The van der Waals surface area contributed by atoms with Crippen LogP contribution in [0.4, 0.5) is 5.13 Å². The van der Waals surface area contributed by atoms with Gasteiger partial charge in [-0.1, -0.05) is 65.6 Å². The highest BCUT2D eigenvalue weighted by Crippen LogP contribution is 2.26. The summed E-state index contributed by atoms with van der Waals surface area (Å²) in [6.45, 7) is 0.770. The van der Waals surface area contributed by atoms with Crippen LogP contribution < -0.4 is 10.1 Å². The van der Waals surface area contributed by atoms with E-state index in [9.17, 15) is 0 Å². The highest BCUT2D eigenvalue weighted by atomic mass is 32.2. The van der Waals surface area contributed by atoms with Gasteiger partial charge in [0.1, 0.15) is 5.75 Å². The zero-order chi connectivity index (χ0) is 16.6. The molecule has 1 aromatic heterocycles. The molecule has 2 aromatic carbocycles. The van der Waals surface area contributed by atoms with E-state index < -0.39 is 0 Å². The van der Waals surface area contributed by atoms with Gasteiger partial charge < -0.3 is 10.1 Å². The zero-order valence-corrected chi connectivity index (χ0v) is 15.1. The lowest BCUT2D eigenvalue weighted by atomic mass is 10.2. The van der Waals surface area contributed by atoms with E-state index in [-0.39, 0.29) is 0 Å². The highest BCUT2D eigenvalue weighted by molar-refractivity contribution is 8.01. The fraction of sp³-hybridized carbons (Fsp3) is 0.222. The van der Waals surface area contributed by atoms with Crippen molar-refractivity contribution in [2.45, 2.75) is 17.3 Å². The first-order chi connectivity index (χ1) is 11.8. The maximum atomic E-state index is 5.17. The molecular weight excluding hydrogens is 338 g/mol. The molecule has 0 spiro atoms. The third-order valence-electron chi connectivity index (χ3n) is 3.47. The van der Waals surface area contributed by atoms with Gasteiger partial charge in [0, 0.05) is 12.3 Å². The van der Waals surface area contributed by atoms with Crippen LogP contribution >= 0.6 is 23.1 Å². The molecule has 1 heterocycles. The molecular formula is C18H19N3OS2. The van der Waals surface area contributed by atoms with E-state index in [4.69, 9.17) is 4.74 Å². The van der Waals surface area contributed by atoms with Crippen molar-refractivity contribution >= 4 is 28.2 Å². The van der Waals surface area contributed by atoms with E-state index >= 15 is 0 Å². The Morgan fingerprint density at radius 3 is 2.54 bits per heavy atom. The van der Waals surface area contributed by atoms with Gasteiger partial charge >= 0.3 is 0 Å². The van der Waals surface area contributed by atoms with E-state index in [0.29, 0.717) is 0 Å². The van der Waals surface area contributed by atoms with Gasteiger partial charge in [0.05, 0.1) is 7.11 Å². The average Bonchev–Trinajstić information content (AvgIpc) is 3.09. The Labute approximate surface area is 150 Å². The van der Waals surface area contributed by atoms with E-state index in [1.54, 1.807) is 30.2 Å². The smallest absolute Gasteiger partial charge is 0.206 e. The quantitative estimate of drug-likeness (QED) is 0.602. The number of ether oxygens (including phenoxy) is 1. The number of benzene rings is 2. The Morgan fingerprint density at radius 2 is 1.79 bits per heavy atom. The molecule has 6 heteroatoms. The molecule has 0 aliphatic rings. The third kappa shape index (κ3) is 4.97. The lowest BCUT2D eigenvalue weighted by Gasteiger charge is -2.02. The predicted octanol–water partition coefficient (Wildman–Crippen LogP) is 4.49. The van der Waals surface area contributed by atoms with Gasteiger partial charge in [0.15, 0.2) is 4.34 Å². The first-order valence-electron chi connectivity index (χ1n) is 7.70. The summed E-state index contributed by atoms with van der Waals surface area (Å²) in [5.41, 5.74) is 2.54. The van der Waals surface area contributed by atoms with Crippen molar-refractivity contribution in [2.24, 2.45) is 0 Å². The fourth-order valence-corrected chi connectivity index (χ4v) is 3.97. The molecule has 0 amide bonds. The van der Waals surface area contributed by atoms with Crippen LogP contribution in [0.25, 0.3) is 0 Å². The second-order valence-electron chi connectivity index (χ2n) is 5.16. The number of hydrogen-bond donors (Lipinski definition) is 1. The van der Waals surface area contributed by atoms with Crippen LogP contribution in [0.2, 0.25) is 0 Å². The lowest BCUT2D eigenvalue weighted by molar-refractivity contribution is 0.414. The molecule has 3 rings (SSSR count). The standard InChI is InChI=1S/C18H19N3OS2/c1-22-16-9-7-14(8-10-16)11-12-23-18-21-20-17(24-18)19-13-15-5-3-2-4-6-15/h2-10H,11-13H2,1H3,(H,19,20). The number of hydrogen-bond acceptors (Lipinski definition) is 6. The van der Waals surface area contributed by atoms with Gasteiger partial charge in [0.25, 0.3) is 0 Å². The first kappa shape index (κ1) is 16.8. The number of aromatic nitrogens is 2. The molecule has 1 N–H and O–H groups in total. The summed E-state index contributed by atoms with van der Waals surface area (Å²) in [4.78, 5) is 0. The van der Waals surface area contributed by atoms with Crippen LogP contribution in [0, 0.1) is 0 Å². The maximum absolute atomic E-state index is 5.17. The van der Waals surface area contributed by atoms with Crippen LogP contribution in [0.15, 0.2) is 58.9 Å². The summed E-state index contributed by atoms with van der Waals surface area (Å²) in [5.74, 6) is 1.88. The summed E-state index contributed by atoms with van der Waals surface area (Å²) < 4.78 is 6.17. The minimum Gasteiger partial charge on any atom is -0.497 e. The summed E-state index contributed by atoms with van der Waals surface area (Å²) >= 11 is 3.34. The Bertz CT molecular complexity index is 744. The summed E-state index contributed by atoms with van der Waals surface area (Å²) in [6, 6.07) is 18.5. The summed E-state index contributed by atoms with van der Waals surface area (Å²) in [7, 11) is 1.68. The van der Waals surface area contributed by atoms with Crippen LogP contribution in [0.3, 0.4) is 0 Å². The Morgan fingerprint density at radius 1 is 1.00 bits per heavy atom. The van der Waals surface area contributed by atoms with Crippen molar-refractivity contribution in [2.75, 3.05) is 18.2 Å². The number of nitrogens with one attached hydrogen (secondary N) is 1. The number of aryl methyl sites for hydroxylation is 1. The van der Waals surface area contributed by atoms with Crippen LogP contribution in [0.1, 0.15) is 11.1 Å². The molecule has 0 aliphatic heterocycles. The van der Waals surface area contributed by atoms with E-state index in [0.717, 1.165) is 33.9 Å². The maximum Gasteiger partial charge on any atom is 0.206 e. The Hall–Kier alpha value is -2.05. The molecule has 124 valence electrons. The second kappa shape index (κ2) is 8.70. The normalized spacial score (nSPS) is 10.5. The van der Waals surface area contributed by atoms with Crippen molar-refractivity contribution < 1.29 is 4.74 Å². The highest BCUT2D eigenvalue weighted by Gasteiger charge is 2.05. The second-order valence-corrected chi connectivity index (χ2v) is 7.48. The largest absolute Gasteiger partial charge is 0.497 e. The molecule has 0 unspecified atom stereocenters. The topological polar surface area (TPSA) is 47.0 Å². The molecule has 3 aromatic rings. The van der Waals surface area contributed by atoms with Gasteiger partial charge in [-0.15, -0.1) is 10.2 Å². The number of nitrogens with zero attached hydrogens (tertiary/aromatic N) is 2. The monoisotopic (exact) mass is 357 g/mol. The van der Waals surface area contributed by atoms with Crippen molar-refractivity contribution in [3.8, 4) is 5.75 Å². The van der Waals surface area contributed by atoms with Crippen molar-refractivity contribution in [1.82, 2.24) is 10.2 Å². The van der Waals surface area contributed by atoms with Crippen LogP contribution in [0.5, 0.6) is 5.75 Å². The first-order valence-corrected chi connectivity index (χ1v) is 9.51. The van der Waals surface area contributed by atoms with Gasteiger partial charge in [-0.05, 0) is 29.7 Å². The SMILES string of the molecule is COc1ccc(CCSc2nnc(NCc3ccccc3)s2)cc1. The van der Waals surface area contributed by atoms with E-state index in [1.165, 1.54) is 11.1 Å².